The monoisotopic (exact) mass is 430 g/mol. The second-order valence-electron chi connectivity index (χ2n) is 7.71. The van der Waals surface area contributed by atoms with Crippen LogP contribution in [0, 0.1) is 5.92 Å². The number of carbonyl (C=O) groups is 1. The van der Waals surface area contributed by atoms with Crippen LogP contribution >= 0.6 is 0 Å². The Hall–Kier alpha value is -3.01. The molecule has 2 aromatic heterocycles. The number of carbonyl (C=O) groups excluding carboxylic acids is 1. The lowest BCUT2D eigenvalue weighted by Gasteiger charge is -2.40. The van der Waals surface area contributed by atoms with Gasteiger partial charge in [0, 0.05) is 19.3 Å². The van der Waals surface area contributed by atoms with Crippen molar-refractivity contribution >= 4 is 27.6 Å². The van der Waals surface area contributed by atoms with E-state index in [1.54, 1.807) is 43.0 Å². The summed E-state index contributed by atoms with van der Waals surface area (Å²) in [6.07, 6.45) is 8.49. The number of hydrogen-bond donors (Lipinski definition) is 2. The molecule has 1 aliphatic heterocycles. The molecule has 160 valence electrons. The highest BCUT2D eigenvalue weighted by molar-refractivity contribution is 7.92. The molecule has 9 nitrogen and oxygen atoms in total. The third kappa shape index (κ3) is 4.43. The lowest BCUT2D eigenvalue weighted by Crippen LogP contribution is -2.48. The third-order valence-corrected chi connectivity index (χ3v) is 8.21. The molecular weight excluding hydrogens is 404 g/mol. The number of sulfone groups is 1. The third-order valence-electron chi connectivity index (χ3n) is 5.63. The summed E-state index contributed by atoms with van der Waals surface area (Å²) in [6, 6.07) is 4.63. The number of amides is 2. The van der Waals surface area contributed by atoms with E-state index in [9.17, 15) is 13.2 Å². The summed E-state index contributed by atoms with van der Waals surface area (Å²) in [5.41, 5.74) is 6.51. The fourth-order valence-electron chi connectivity index (χ4n) is 3.62. The molecule has 0 aliphatic carbocycles. The zero-order valence-corrected chi connectivity index (χ0v) is 17.8. The average Bonchev–Trinajstić information content (AvgIpc) is 2.75. The first-order valence-electron chi connectivity index (χ1n) is 9.67. The normalized spacial score (nSPS) is 16.0. The molecule has 3 heterocycles. The zero-order valence-electron chi connectivity index (χ0n) is 17.0. The van der Waals surface area contributed by atoms with Gasteiger partial charge in [-0.1, -0.05) is 0 Å². The maximum atomic E-state index is 13.3. The molecule has 0 spiro atoms. The van der Waals surface area contributed by atoms with Crippen LogP contribution < -0.4 is 11.1 Å². The predicted molar refractivity (Wildman–Crippen MR) is 114 cm³/mol. The van der Waals surface area contributed by atoms with Crippen molar-refractivity contribution in [1.29, 1.82) is 0 Å². The standard InChI is InChI=1S/C20H26N6O3S/c1-20(2,30(28,29)18-4-3-16(5-9-21)22-14-18)15-7-11-26(12-8-15)19(27)25-17-6-10-23-24-13-17/h3-6,9-10,13-15H,7-8,11-12,21H2,1-2H3,(H,23,25,27). The van der Waals surface area contributed by atoms with Crippen LogP contribution in [-0.4, -0.2) is 52.4 Å². The number of nitrogens with zero attached hydrogens (tertiary/aromatic N) is 4. The first-order chi connectivity index (χ1) is 14.3. The van der Waals surface area contributed by atoms with E-state index in [2.05, 4.69) is 20.5 Å². The molecule has 2 aromatic rings. The Kier molecular flexibility index (Phi) is 6.35. The van der Waals surface area contributed by atoms with E-state index >= 15 is 0 Å². The molecule has 1 saturated heterocycles. The summed E-state index contributed by atoms with van der Waals surface area (Å²) in [5.74, 6) is -0.0854. The predicted octanol–water partition coefficient (Wildman–Crippen LogP) is 2.30. The van der Waals surface area contributed by atoms with E-state index in [1.165, 1.54) is 24.8 Å². The Morgan fingerprint density at radius 1 is 1.20 bits per heavy atom. The minimum atomic E-state index is -3.61. The highest BCUT2D eigenvalue weighted by Gasteiger charge is 2.44. The molecule has 10 heteroatoms. The van der Waals surface area contributed by atoms with Crippen molar-refractivity contribution in [3.05, 3.63) is 48.7 Å². The van der Waals surface area contributed by atoms with E-state index in [0.29, 0.717) is 37.3 Å². The Bertz CT molecular complexity index is 999. The summed E-state index contributed by atoms with van der Waals surface area (Å²) in [7, 11) is -3.61. The van der Waals surface area contributed by atoms with Gasteiger partial charge < -0.3 is 16.0 Å². The van der Waals surface area contributed by atoms with Gasteiger partial charge in [-0.05, 0) is 63.1 Å². The van der Waals surface area contributed by atoms with Crippen LogP contribution in [0.1, 0.15) is 32.4 Å². The van der Waals surface area contributed by atoms with Crippen molar-refractivity contribution in [3.8, 4) is 0 Å². The number of aromatic nitrogens is 3. The molecule has 0 bridgehead atoms. The molecule has 30 heavy (non-hydrogen) atoms. The summed E-state index contributed by atoms with van der Waals surface area (Å²) in [5, 5.41) is 10.2. The van der Waals surface area contributed by atoms with Gasteiger partial charge in [0.15, 0.2) is 9.84 Å². The van der Waals surface area contributed by atoms with Gasteiger partial charge in [-0.15, -0.1) is 0 Å². The van der Waals surface area contributed by atoms with Crippen molar-refractivity contribution in [3.63, 3.8) is 0 Å². The van der Waals surface area contributed by atoms with Gasteiger partial charge in [-0.25, -0.2) is 13.2 Å². The van der Waals surface area contributed by atoms with Crippen molar-refractivity contribution < 1.29 is 13.2 Å². The number of urea groups is 1. The Morgan fingerprint density at radius 3 is 2.50 bits per heavy atom. The fourth-order valence-corrected chi connectivity index (χ4v) is 5.34. The van der Waals surface area contributed by atoms with Gasteiger partial charge in [-0.3, -0.25) is 4.98 Å². The number of rotatable bonds is 5. The maximum Gasteiger partial charge on any atom is 0.321 e. The number of likely N-dealkylation sites (tertiary alicyclic amines) is 1. The number of hydrogen-bond acceptors (Lipinski definition) is 7. The first kappa shape index (κ1) is 21.7. The van der Waals surface area contributed by atoms with Crippen molar-refractivity contribution in [2.45, 2.75) is 36.3 Å². The highest BCUT2D eigenvalue weighted by Crippen LogP contribution is 2.37. The maximum absolute atomic E-state index is 13.3. The molecule has 0 saturated carbocycles. The van der Waals surface area contributed by atoms with E-state index < -0.39 is 14.6 Å². The molecule has 0 unspecified atom stereocenters. The second-order valence-corrected chi connectivity index (χ2v) is 10.2. The Labute approximate surface area is 176 Å². The van der Waals surface area contributed by atoms with Crippen LogP contribution in [0.15, 0.2) is 47.9 Å². The van der Waals surface area contributed by atoms with Crippen LogP contribution in [0.2, 0.25) is 0 Å². The van der Waals surface area contributed by atoms with Gasteiger partial charge >= 0.3 is 6.03 Å². The fraction of sp³-hybridized carbons (Fsp3) is 0.400. The minimum absolute atomic E-state index is 0.0854. The molecule has 1 aliphatic rings. The van der Waals surface area contributed by atoms with Gasteiger partial charge in [0.25, 0.3) is 0 Å². The van der Waals surface area contributed by atoms with E-state index in [-0.39, 0.29) is 16.8 Å². The summed E-state index contributed by atoms with van der Waals surface area (Å²) < 4.78 is 25.6. The quantitative estimate of drug-likeness (QED) is 0.744. The summed E-state index contributed by atoms with van der Waals surface area (Å²) in [6.45, 7) is 4.46. The van der Waals surface area contributed by atoms with Crippen LogP contribution in [0.5, 0.6) is 0 Å². The number of nitrogens with two attached hydrogens (primary N) is 1. The van der Waals surface area contributed by atoms with Gasteiger partial charge in [0.1, 0.15) is 0 Å². The van der Waals surface area contributed by atoms with E-state index in [0.717, 1.165) is 0 Å². The number of pyridine rings is 1. The van der Waals surface area contributed by atoms with Gasteiger partial charge in [0.2, 0.25) is 0 Å². The molecule has 3 N–H and O–H groups in total. The lowest BCUT2D eigenvalue weighted by molar-refractivity contribution is 0.171. The van der Waals surface area contributed by atoms with Crippen LogP contribution in [0.25, 0.3) is 6.08 Å². The summed E-state index contributed by atoms with van der Waals surface area (Å²) >= 11 is 0. The van der Waals surface area contributed by atoms with Crippen molar-refractivity contribution in [2.75, 3.05) is 18.4 Å². The van der Waals surface area contributed by atoms with E-state index in [4.69, 9.17) is 5.73 Å². The number of anilines is 1. The second kappa shape index (κ2) is 8.78. The molecule has 3 rings (SSSR count). The molecule has 0 radical (unpaired) electrons. The lowest BCUT2D eigenvalue weighted by atomic mass is 9.86. The number of nitrogens with one attached hydrogen (secondary N) is 1. The molecule has 2 amide bonds. The van der Waals surface area contributed by atoms with Gasteiger partial charge in [-0.2, -0.15) is 10.2 Å². The number of piperidine rings is 1. The topological polar surface area (TPSA) is 131 Å². The first-order valence-corrected chi connectivity index (χ1v) is 11.2. The average molecular weight is 431 g/mol. The minimum Gasteiger partial charge on any atom is -0.405 e. The largest absolute Gasteiger partial charge is 0.405 e. The van der Waals surface area contributed by atoms with Crippen molar-refractivity contribution in [1.82, 2.24) is 20.1 Å². The van der Waals surface area contributed by atoms with Crippen LogP contribution in [-0.2, 0) is 9.84 Å². The van der Waals surface area contributed by atoms with Gasteiger partial charge in [0.05, 0.1) is 33.4 Å². The molecule has 1 fully saturated rings. The Balaban J connectivity index is 1.66. The molecule has 0 aromatic carbocycles. The SMILES string of the molecule is CC(C)(C1CCN(C(=O)Nc2ccnnc2)CC1)S(=O)(=O)c1ccc(C=CN)nc1. The van der Waals surface area contributed by atoms with Crippen LogP contribution in [0.3, 0.4) is 0 Å². The summed E-state index contributed by atoms with van der Waals surface area (Å²) in [4.78, 5) is 18.5. The van der Waals surface area contributed by atoms with Crippen molar-refractivity contribution in [2.24, 2.45) is 11.7 Å². The van der Waals surface area contributed by atoms with E-state index in [1.807, 2.05) is 0 Å². The smallest absolute Gasteiger partial charge is 0.321 e. The Morgan fingerprint density at radius 2 is 1.93 bits per heavy atom. The molecule has 0 atom stereocenters. The zero-order chi connectivity index (χ0) is 21.8. The highest BCUT2D eigenvalue weighted by atomic mass is 32.2. The van der Waals surface area contributed by atoms with Crippen LogP contribution in [0.4, 0.5) is 10.5 Å². The molecular formula is C20H26N6O3S.